The summed E-state index contributed by atoms with van der Waals surface area (Å²) >= 11 is 1.58. The molecule has 1 aliphatic rings. The van der Waals surface area contributed by atoms with E-state index in [1.54, 1.807) is 11.3 Å². The van der Waals surface area contributed by atoms with Gasteiger partial charge in [0.2, 0.25) is 5.82 Å². The molecule has 0 spiro atoms. The summed E-state index contributed by atoms with van der Waals surface area (Å²) in [6, 6.07) is 1.54. The van der Waals surface area contributed by atoms with Crippen molar-refractivity contribution in [2.45, 2.75) is 45.1 Å². The second kappa shape index (κ2) is 7.50. The highest BCUT2D eigenvalue weighted by Crippen LogP contribution is 2.35. The van der Waals surface area contributed by atoms with Crippen LogP contribution in [-0.4, -0.2) is 37.8 Å². The molecule has 4 rings (SSSR count). The Hall–Kier alpha value is -2.31. The topological polar surface area (TPSA) is 112 Å². The molecule has 1 aliphatic heterocycles. The van der Waals surface area contributed by atoms with Crippen LogP contribution in [0.25, 0.3) is 10.2 Å². The molecule has 29 heavy (non-hydrogen) atoms. The normalized spacial score (nSPS) is 15.7. The molecule has 3 aromatic rings. The number of nitrogens with zero attached hydrogens (tertiary/aromatic N) is 6. The molecule has 0 saturated heterocycles. The number of halogens is 3. The smallest absolute Gasteiger partial charge is 0.347 e. The molecule has 1 unspecified atom stereocenters. The Bertz CT molecular complexity index is 1030. The van der Waals surface area contributed by atoms with Gasteiger partial charge in [-0.05, 0) is 12.5 Å². The van der Waals surface area contributed by atoms with E-state index in [9.17, 15) is 13.2 Å². The van der Waals surface area contributed by atoms with Crippen LogP contribution in [0.2, 0.25) is 0 Å². The Morgan fingerprint density at radius 2 is 2.03 bits per heavy atom. The highest BCUT2D eigenvalue weighted by atomic mass is 32.1. The zero-order valence-corrected chi connectivity index (χ0v) is 16.6. The molecule has 0 saturated carbocycles. The zero-order valence-electron chi connectivity index (χ0n) is 15.8. The van der Waals surface area contributed by atoms with Gasteiger partial charge in [-0.15, -0.1) is 21.5 Å². The lowest BCUT2D eigenvalue weighted by Gasteiger charge is -2.29. The lowest BCUT2D eigenvalue weighted by molar-refractivity contribution is -0.147. The second-order valence-electron chi connectivity index (χ2n) is 6.94. The third-order valence-corrected chi connectivity index (χ3v) is 5.92. The summed E-state index contributed by atoms with van der Waals surface area (Å²) in [6.45, 7) is 2.93. The van der Waals surface area contributed by atoms with Crippen molar-refractivity contribution in [2.75, 3.05) is 18.0 Å². The van der Waals surface area contributed by atoms with Gasteiger partial charge in [0, 0.05) is 24.5 Å². The highest BCUT2D eigenvalue weighted by Gasteiger charge is 2.39. The van der Waals surface area contributed by atoms with E-state index in [4.69, 9.17) is 11.5 Å². The molecule has 156 valence electrons. The molecule has 1 atom stereocenters. The zero-order chi connectivity index (χ0) is 20.8. The summed E-state index contributed by atoms with van der Waals surface area (Å²) in [5.74, 6) is 0.369. The lowest BCUT2D eigenvalue weighted by atomic mass is 10.2. The Kier molecular flexibility index (Phi) is 5.17. The third-order valence-electron chi connectivity index (χ3n) is 4.83. The SMILES string of the molecule is CCCc1cc2c(N3CCn4c(nnc4C(F)(F)F)C3)nc(C(N)CN)nc2s1. The van der Waals surface area contributed by atoms with Gasteiger partial charge in [-0.25, -0.2) is 9.97 Å². The minimum absolute atomic E-state index is 0.118. The average Bonchev–Trinajstić information content (AvgIpc) is 3.29. The number of anilines is 1. The summed E-state index contributed by atoms with van der Waals surface area (Å²) in [5.41, 5.74) is 11.8. The Morgan fingerprint density at radius 1 is 1.24 bits per heavy atom. The number of nitrogens with two attached hydrogens (primary N) is 2. The van der Waals surface area contributed by atoms with Crippen LogP contribution in [0.3, 0.4) is 0 Å². The maximum absolute atomic E-state index is 13.1. The van der Waals surface area contributed by atoms with Gasteiger partial charge >= 0.3 is 6.18 Å². The number of rotatable bonds is 5. The highest BCUT2D eigenvalue weighted by molar-refractivity contribution is 7.18. The molecule has 4 heterocycles. The van der Waals surface area contributed by atoms with E-state index >= 15 is 0 Å². The number of aromatic nitrogens is 5. The van der Waals surface area contributed by atoms with E-state index < -0.39 is 18.0 Å². The Labute approximate surface area is 168 Å². The van der Waals surface area contributed by atoms with Crippen LogP contribution in [0.4, 0.5) is 19.0 Å². The first-order chi connectivity index (χ1) is 13.8. The van der Waals surface area contributed by atoms with Gasteiger partial charge in [-0.2, -0.15) is 13.2 Å². The first kappa shape index (κ1) is 20.0. The molecule has 12 heteroatoms. The molecule has 0 radical (unpaired) electrons. The molecule has 4 N–H and O–H groups in total. The van der Waals surface area contributed by atoms with E-state index in [1.807, 2.05) is 4.90 Å². The van der Waals surface area contributed by atoms with Gasteiger partial charge in [-0.3, -0.25) is 0 Å². The van der Waals surface area contributed by atoms with Crippen molar-refractivity contribution in [3.63, 3.8) is 0 Å². The Balaban J connectivity index is 1.75. The summed E-state index contributed by atoms with van der Waals surface area (Å²) in [4.78, 5) is 13.1. The standard InChI is InChI=1S/C17H21F3N8S/c1-2-3-9-6-10-14(23-13(11(22)7-21)24-15(10)29-9)27-4-5-28-12(8-27)25-26-16(28)17(18,19)20/h6,11H,2-5,7-8,21-22H2,1H3. The van der Waals surface area contributed by atoms with Gasteiger partial charge in [0.25, 0.3) is 0 Å². The second-order valence-corrected chi connectivity index (χ2v) is 8.06. The van der Waals surface area contributed by atoms with Crippen LogP contribution in [0.15, 0.2) is 6.07 Å². The molecule has 0 bridgehead atoms. The quantitative estimate of drug-likeness (QED) is 0.643. The summed E-state index contributed by atoms with van der Waals surface area (Å²) < 4.78 is 40.5. The largest absolute Gasteiger partial charge is 0.451 e. The minimum Gasteiger partial charge on any atom is -0.347 e. The van der Waals surface area contributed by atoms with E-state index in [1.165, 1.54) is 4.88 Å². The molecular formula is C17H21F3N8S. The van der Waals surface area contributed by atoms with Crippen LogP contribution < -0.4 is 16.4 Å². The van der Waals surface area contributed by atoms with Crippen LogP contribution in [-0.2, 0) is 25.7 Å². The van der Waals surface area contributed by atoms with Crippen LogP contribution in [0, 0.1) is 0 Å². The van der Waals surface area contributed by atoms with E-state index in [-0.39, 0.29) is 25.5 Å². The van der Waals surface area contributed by atoms with Gasteiger partial charge in [0.1, 0.15) is 16.5 Å². The van der Waals surface area contributed by atoms with Gasteiger partial charge in [0.15, 0.2) is 5.82 Å². The fourth-order valence-electron chi connectivity index (χ4n) is 3.40. The van der Waals surface area contributed by atoms with Gasteiger partial charge < -0.3 is 20.9 Å². The fourth-order valence-corrected chi connectivity index (χ4v) is 4.53. The van der Waals surface area contributed by atoms with Crippen molar-refractivity contribution in [3.8, 4) is 0 Å². The minimum atomic E-state index is -4.53. The summed E-state index contributed by atoms with van der Waals surface area (Å²) in [7, 11) is 0. The lowest BCUT2D eigenvalue weighted by Crippen LogP contribution is -2.36. The number of hydrogen-bond donors (Lipinski definition) is 2. The number of alkyl halides is 3. The van der Waals surface area contributed by atoms with E-state index in [2.05, 4.69) is 33.2 Å². The summed E-state index contributed by atoms with van der Waals surface area (Å²) in [5, 5.41) is 7.97. The maximum Gasteiger partial charge on any atom is 0.451 e. The molecule has 0 amide bonds. The molecule has 3 aromatic heterocycles. The number of fused-ring (bicyclic) bond motifs is 2. The maximum atomic E-state index is 13.1. The number of thiophene rings is 1. The average molecular weight is 426 g/mol. The first-order valence-corrected chi connectivity index (χ1v) is 10.1. The van der Waals surface area contributed by atoms with Gasteiger partial charge in [0.05, 0.1) is 18.0 Å². The van der Waals surface area contributed by atoms with Crippen LogP contribution >= 0.6 is 11.3 Å². The van der Waals surface area contributed by atoms with Crippen LogP contribution in [0.5, 0.6) is 0 Å². The van der Waals surface area contributed by atoms with Crippen molar-refractivity contribution in [1.29, 1.82) is 0 Å². The Morgan fingerprint density at radius 3 is 2.72 bits per heavy atom. The van der Waals surface area contributed by atoms with Crippen LogP contribution in [0.1, 0.15) is 41.7 Å². The van der Waals surface area contributed by atoms with Crippen molar-refractivity contribution in [1.82, 2.24) is 24.7 Å². The van der Waals surface area contributed by atoms with Gasteiger partial charge in [-0.1, -0.05) is 13.3 Å². The van der Waals surface area contributed by atoms with E-state index in [0.29, 0.717) is 18.2 Å². The predicted octanol–water partition coefficient (Wildman–Crippen LogP) is 2.23. The summed E-state index contributed by atoms with van der Waals surface area (Å²) in [6.07, 6.45) is -2.61. The fraction of sp³-hybridized carbons (Fsp3) is 0.529. The number of hydrogen-bond acceptors (Lipinski definition) is 8. The molecule has 0 aliphatic carbocycles. The molecular weight excluding hydrogens is 405 g/mol. The molecule has 0 aromatic carbocycles. The predicted molar refractivity (Wildman–Crippen MR) is 103 cm³/mol. The third kappa shape index (κ3) is 3.67. The number of aryl methyl sites for hydroxylation is 1. The first-order valence-electron chi connectivity index (χ1n) is 9.32. The van der Waals surface area contributed by atoms with Crippen molar-refractivity contribution < 1.29 is 13.2 Å². The van der Waals surface area contributed by atoms with Crippen molar-refractivity contribution in [3.05, 3.63) is 28.4 Å². The van der Waals surface area contributed by atoms with Crippen molar-refractivity contribution >= 4 is 27.4 Å². The monoisotopic (exact) mass is 426 g/mol. The molecule has 8 nitrogen and oxygen atoms in total. The molecule has 0 fully saturated rings. The van der Waals surface area contributed by atoms with Crippen molar-refractivity contribution in [2.24, 2.45) is 11.5 Å². The van der Waals surface area contributed by atoms with E-state index in [0.717, 1.165) is 27.6 Å².